The minimum Gasteiger partial charge on any atom is -0.461 e. The summed E-state index contributed by atoms with van der Waals surface area (Å²) in [6.07, 6.45) is 4.32. The van der Waals surface area contributed by atoms with Gasteiger partial charge in [0.05, 0.1) is 6.61 Å². The van der Waals surface area contributed by atoms with Gasteiger partial charge in [0.2, 0.25) is 10.1 Å². The van der Waals surface area contributed by atoms with Gasteiger partial charge in [-0.1, -0.05) is 38.0 Å². The standard InChI is InChI=1S/C16H24N4O3S/c1-4-7-9-19(10-8-5-2)16-18-20-12(14(22)23-6-3)11-13(21)17-15(20)24-16/h11H,4-10H2,1-3H3. The van der Waals surface area contributed by atoms with Gasteiger partial charge in [0.1, 0.15) is 0 Å². The third kappa shape index (κ3) is 4.31. The monoisotopic (exact) mass is 352 g/mol. The number of fused-ring (bicyclic) bond motifs is 1. The van der Waals surface area contributed by atoms with E-state index in [1.807, 2.05) is 0 Å². The summed E-state index contributed by atoms with van der Waals surface area (Å²) in [5, 5.41) is 5.30. The number of esters is 1. The van der Waals surface area contributed by atoms with Crippen molar-refractivity contribution in [3.63, 3.8) is 0 Å². The van der Waals surface area contributed by atoms with E-state index in [0.29, 0.717) is 4.96 Å². The Labute approximate surface area is 145 Å². The molecule has 0 bridgehead atoms. The van der Waals surface area contributed by atoms with Crippen LogP contribution in [-0.2, 0) is 4.74 Å². The SMILES string of the molecule is CCCCN(CCCC)c1nn2c(C(=O)OCC)cc(=O)nc2s1. The van der Waals surface area contributed by atoms with Crippen molar-refractivity contribution in [2.24, 2.45) is 0 Å². The van der Waals surface area contributed by atoms with Crippen LogP contribution in [0, 0.1) is 0 Å². The highest BCUT2D eigenvalue weighted by atomic mass is 32.1. The van der Waals surface area contributed by atoms with Crippen LogP contribution in [0.4, 0.5) is 5.13 Å². The lowest BCUT2D eigenvalue weighted by molar-refractivity contribution is 0.0516. The van der Waals surface area contributed by atoms with Gasteiger partial charge in [-0.2, -0.15) is 9.50 Å². The van der Waals surface area contributed by atoms with Crippen LogP contribution < -0.4 is 10.5 Å². The Morgan fingerprint density at radius 3 is 2.50 bits per heavy atom. The fourth-order valence-corrected chi connectivity index (χ4v) is 3.24. The number of rotatable bonds is 9. The van der Waals surface area contributed by atoms with Gasteiger partial charge in [-0.25, -0.2) is 4.79 Å². The predicted octanol–water partition coefficient (Wildman–Crippen LogP) is 2.73. The van der Waals surface area contributed by atoms with Crippen molar-refractivity contribution in [1.82, 2.24) is 14.6 Å². The van der Waals surface area contributed by atoms with E-state index in [1.54, 1.807) is 6.92 Å². The summed E-state index contributed by atoms with van der Waals surface area (Å²) in [6.45, 7) is 8.06. The fraction of sp³-hybridized carbons (Fsp3) is 0.625. The molecule has 0 aliphatic heterocycles. The molecule has 0 unspecified atom stereocenters. The van der Waals surface area contributed by atoms with Crippen LogP contribution in [0.1, 0.15) is 56.9 Å². The van der Waals surface area contributed by atoms with Gasteiger partial charge < -0.3 is 9.64 Å². The van der Waals surface area contributed by atoms with Gasteiger partial charge in [-0.3, -0.25) is 4.79 Å². The molecule has 0 atom stereocenters. The second kappa shape index (κ2) is 8.77. The molecule has 8 heteroatoms. The number of carbonyl (C=O) groups is 1. The minimum absolute atomic E-state index is 0.125. The third-order valence-corrected chi connectivity index (χ3v) is 4.53. The van der Waals surface area contributed by atoms with Gasteiger partial charge in [0.15, 0.2) is 5.69 Å². The van der Waals surface area contributed by atoms with Crippen LogP contribution >= 0.6 is 11.3 Å². The minimum atomic E-state index is -0.558. The highest BCUT2D eigenvalue weighted by molar-refractivity contribution is 7.20. The maximum Gasteiger partial charge on any atom is 0.357 e. The number of ether oxygens (including phenoxy) is 1. The fourth-order valence-electron chi connectivity index (χ4n) is 2.28. The van der Waals surface area contributed by atoms with Crippen molar-refractivity contribution >= 4 is 27.4 Å². The predicted molar refractivity (Wildman–Crippen MR) is 95.1 cm³/mol. The summed E-state index contributed by atoms with van der Waals surface area (Å²) in [5.74, 6) is -0.558. The molecule has 2 aromatic rings. The van der Waals surface area contributed by atoms with Crippen molar-refractivity contribution in [3.05, 3.63) is 22.1 Å². The van der Waals surface area contributed by atoms with Crippen LogP contribution in [-0.4, -0.2) is 40.3 Å². The quantitative estimate of drug-likeness (QED) is 0.646. The van der Waals surface area contributed by atoms with Crippen LogP contribution in [0.25, 0.3) is 4.96 Å². The van der Waals surface area contributed by atoms with E-state index >= 15 is 0 Å². The molecular formula is C16H24N4O3S. The first-order chi connectivity index (χ1) is 11.6. The Hall–Kier alpha value is -1.96. The summed E-state index contributed by atoms with van der Waals surface area (Å²) in [6, 6.07) is 1.18. The third-order valence-electron chi connectivity index (χ3n) is 3.56. The van der Waals surface area contributed by atoms with Crippen molar-refractivity contribution in [1.29, 1.82) is 0 Å². The maximum absolute atomic E-state index is 12.1. The van der Waals surface area contributed by atoms with E-state index in [0.717, 1.165) is 43.9 Å². The summed E-state index contributed by atoms with van der Waals surface area (Å²) in [7, 11) is 0. The van der Waals surface area contributed by atoms with Crippen molar-refractivity contribution in [2.75, 3.05) is 24.6 Å². The Balaban J connectivity index is 2.42. The molecule has 0 radical (unpaired) electrons. The summed E-state index contributed by atoms with van der Waals surface area (Å²) in [4.78, 5) is 30.4. The molecule has 0 amide bonds. The van der Waals surface area contributed by atoms with Gasteiger partial charge in [-0.15, -0.1) is 5.10 Å². The second-order valence-electron chi connectivity index (χ2n) is 5.47. The number of carbonyl (C=O) groups excluding carboxylic acids is 1. The Morgan fingerprint density at radius 1 is 1.25 bits per heavy atom. The molecule has 24 heavy (non-hydrogen) atoms. The molecule has 0 aliphatic carbocycles. The molecular weight excluding hydrogens is 328 g/mol. The van der Waals surface area contributed by atoms with E-state index in [-0.39, 0.29) is 12.3 Å². The highest BCUT2D eigenvalue weighted by Crippen LogP contribution is 2.23. The Bertz CT molecular complexity index is 732. The van der Waals surface area contributed by atoms with E-state index in [9.17, 15) is 9.59 Å². The number of hydrogen-bond donors (Lipinski definition) is 0. The van der Waals surface area contributed by atoms with Gasteiger partial charge in [-0.05, 0) is 19.8 Å². The second-order valence-corrected chi connectivity index (χ2v) is 6.41. The molecule has 0 saturated carbocycles. The molecule has 2 aromatic heterocycles. The normalized spacial score (nSPS) is 11.0. The zero-order chi connectivity index (χ0) is 17.5. The molecule has 0 aliphatic rings. The Morgan fingerprint density at radius 2 is 1.92 bits per heavy atom. The average molecular weight is 352 g/mol. The molecule has 2 rings (SSSR count). The molecule has 0 N–H and O–H groups in total. The molecule has 0 aromatic carbocycles. The number of anilines is 1. The average Bonchev–Trinajstić information content (AvgIpc) is 2.98. The molecule has 2 heterocycles. The first-order valence-electron chi connectivity index (χ1n) is 8.43. The number of unbranched alkanes of at least 4 members (excludes halogenated alkanes) is 2. The van der Waals surface area contributed by atoms with Crippen LogP contribution in [0.5, 0.6) is 0 Å². The topological polar surface area (TPSA) is 76.8 Å². The largest absolute Gasteiger partial charge is 0.461 e. The van der Waals surface area contributed by atoms with E-state index < -0.39 is 11.5 Å². The van der Waals surface area contributed by atoms with E-state index in [1.165, 1.54) is 21.9 Å². The lowest BCUT2D eigenvalue weighted by atomic mass is 10.3. The van der Waals surface area contributed by atoms with Crippen LogP contribution in [0.2, 0.25) is 0 Å². The molecule has 7 nitrogen and oxygen atoms in total. The van der Waals surface area contributed by atoms with Gasteiger partial charge in [0.25, 0.3) is 5.56 Å². The number of hydrogen-bond acceptors (Lipinski definition) is 7. The van der Waals surface area contributed by atoms with Crippen molar-refractivity contribution in [2.45, 2.75) is 46.5 Å². The summed E-state index contributed by atoms with van der Waals surface area (Å²) >= 11 is 1.33. The van der Waals surface area contributed by atoms with Crippen molar-refractivity contribution in [3.8, 4) is 0 Å². The van der Waals surface area contributed by atoms with Crippen LogP contribution in [0.15, 0.2) is 10.9 Å². The zero-order valence-corrected chi connectivity index (χ0v) is 15.3. The lowest BCUT2D eigenvalue weighted by Crippen LogP contribution is -2.25. The zero-order valence-electron chi connectivity index (χ0n) is 14.4. The highest BCUT2D eigenvalue weighted by Gasteiger charge is 2.19. The van der Waals surface area contributed by atoms with E-state index in [2.05, 4.69) is 28.8 Å². The van der Waals surface area contributed by atoms with E-state index in [4.69, 9.17) is 4.74 Å². The number of aromatic nitrogens is 3. The maximum atomic E-state index is 12.1. The molecule has 0 saturated heterocycles. The molecule has 0 fully saturated rings. The molecule has 132 valence electrons. The van der Waals surface area contributed by atoms with Gasteiger partial charge in [0, 0.05) is 19.2 Å². The Kier molecular flexibility index (Phi) is 6.72. The van der Waals surface area contributed by atoms with Crippen LogP contribution in [0.3, 0.4) is 0 Å². The number of nitrogens with zero attached hydrogens (tertiary/aromatic N) is 4. The first-order valence-corrected chi connectivity index (χ1v) is 9.25. The summed E-state index contributed by atoms with van der Waals surface area (Å²) in [5.41, 5.74) is -0.331. The lowest BCUT2D eigenvalue weighted by Gasteiger charge is -2.20. The smallest absolute Gasteiger partial charge is 0.357 e. The first kappa shape index (κ1) is 18.4. The van der Waals surface area contributed by atoms with Crippen molar-refractivity contribution < 1.29 is 9.53 Å². The summed E-state index contributed by atoms with van der Waals surface area (Å²) < 4.78 is 6.44. The van der Waals surface area contributed by atoms with Gasteiger partial charge >= 0.3 is 5.97 Å². The molecule has 0 spiro atoms.